The molecule has 0 aliphatic rings. The maximum Gasteiger partial charge on any atom is 0.322 e. The van der Waals surface area contributed by atoms with E-state index in [-0.39, 0.29) is 24.5 Å². The van der Waals surface area contributed by atoms with Gasteiger partial charge in [0.1, 0.15) is 12.6 Å². The molecule has 0 bridgehead atoms. The highest BCUT2D eigenvalue weighted by Gasteiger charge is 2.14. The number of allylic oxidation sites excluding steroid dienone is 6. The minimum Gasteiger partial charge on any atom is -0.480 e. The first-order chi connectivity index (χ1) is 21.0. The maximum absolute atomic E-state index is 12.6. The second kappa shape index (κ2) is 32.5. The molecule has 0 spiro atoms. The second-order valence-electron chi connectivity index (χ2n) is 11.7. The zero-order valence-electron chi connectivity index (χ0n) is 27.8. The number of nitrogens with one attached hydrogen (secondary N) is 1. The lowest BCUT2D eigenvalue weighted by Gasteiger charge is -2.18. The fourth-order valence-corrected chi connectivity index (χ4v) is 5.00. The molecular formula is C37H65NO5. The number of carbonyl (C=O) groups excluding carboxylic acids is 2. The van der Waals surface area contributed by atoms with Gasteiger partial charge in [0.25, 0.3) is 0 Å². The molecule has 0 aromatic carbocycles. The molecule has 1 amide bonds. The molecule has 0 radical (unpaired) electrons. The zero-order chi connectivity index (χ0) is 31.6. The second-order valence-corrected chi connectivity index (χ2v) is 11.7. The molecule has 0 rings (SSSR count). The molecule has 0 heterocycles. The summed E-state index contributed by atoms with van der Waals surface area (Å²) in [7, 11) is 0. The molecule has 6 nitrogen and oxygen atoms in total. The van der Waals surface area contributed by atoms with Crippen LogP contribution >= 0.6 is 0 Å². The van der Waals surface area contributed by atoms with Crippen molar-refractivity contribution in [3.05, 3.63) is 36.5 Å². The first-order valence-electron chi connectivity index (χ1n) is 17.6. The van der Waals surface area contributed by atoms with Crippen molar-refractivity contribution in [1.29, 1.82) is 0 Å². The Kier molecular flexibility index (Phi) is 30.7. The van der Waals surface area contributed by atoms with Crippen LogP contribution in [-0.2, 0) is 19.1 Å². The molecule has 0 aromatic heterocycles. The summed E-state index contributed by atoms with van der Waals surface area (Å²) < 4.78 is 5.96. The Bertz CT molecular complexity index is 758. The van der Waals surface area contributed by atoms with Crippen LogP contribution in [0.25, 0.3) is 0 Å². The molecule has 0 saturated carbocycles. The molecule has 0 aromatic rings. The fraction of sp³-hybridized carbons (Fsp3) is 0.757. The highest BCUT2D eigenvalue weighted by molar-refractivity contribution is 5.80. The van der Waals surface area contributed by atoms with E-state index in [0.29, 0.717) is 12.8 Å². The van der Waals surface area contributed by atoms with Crippen molar-refractivity contribution in [3.8, 4) is 0 Å². The quantitative estimate of drug-likeness (QED) is 0.0467. The van der Waals surface area contributed by atoms with Gasteiger partial charge in [0.15, 0.2) is 0 Å². The van der Waals surface area contributed by atoms with Crippen LogP contribution in [0.3, 0.4) is 0 Å². The summed E-state index contributed by atoms with van der Waals surface area (Å²) in [6, 6.07) is 0. The van der Waals surface area contributed by atoms with Crippen LogP contribution in [0, 0.1) is 0 Å². The number of unbranched alkanes of at least 4 members (excludes halogenated alkanes) is 14. The van der Waals surface area contributed by atoms with Gasteiger partial charge in [-0.05, 0) is 70.6 Å². The van der Waals surface area contributed by atoms with Gasteiger partial charge in [-0.1, -0.05) is 121 Å². The van der Waals surface area contributed by atoms with Gasteiger partial charge in [-0.2, -0.15) is 0 Å². The molecule has 0 aliphatic heterocycles. The summed E-state index contributed by atoms with van der Waals surface area (Å²) in [5.41, 5.74) is 0. The van der Waals surface area contributed by atoms with Gasteiger partial charge in [-0.15, -0.1) is 0 Å². The van der Waals surface area contributed by atoms with Crippen molar-refractivity contribution < 1.29 is 24.2 Å². The first-order valence-corrected chi connectivity index (χ1v) is 17.6. The summed E-state index contributed by atoms with van der Waals surface area (Å²) in [6.07, 6.45) is 38.3. The van der Waals surface area contributed by atoms with E-state index in [4.69, 9.17) is 9.84 Å². The normalized spacial score (nSPS) is 12.4. The van der Waals surface area contributed by atoms with Crippen LogP contribution in [0.2, 0.25) is 0 Å². The molecule has 2 N–H and O–H groups in total. The number of hydrogen-bond donors (Lipinski definition) is 2. The Balaban J connectivity index is 4.19. The molecule has 43 heavy (non-hydrogen) atoms. The molecule has 0 saturated heterocycles. The molecule has 0 aliphatic carbocycles. The van der Waals surface area contributed by atoms with Crippen LogP contribution in [0.5, 0.6) is 0 Å². The topological polar surface area (TPSA) is 92.7 Å². The van der Waals surface area contributed by atoms with Crippen LogP contribution in [0.1, 0.15) is 168 Å². The lowest BCUT2D eigenvalue weighted by molar-refractivity contribution is -0.150. The number of amides is 1. The summed E-state index contributed by atoms with van der Waals surface area (Å²) >= 11 is 0. The summed E-state index contributed by atoms with van der Waals surface area (Å²) in [5.74, 6) is -1.27. The third-order valence-electron chi connectivity index (χ3n) is 7.58. The van der Waals surface area contributed by atoms with E-state index in [1.807, 2.05) is 0 Å². The van der Waals surface area contributed by atoms with Gasteiger partial charge in [0.2, 0.25) is 5.91 Å². The number of hydrogen-bond acceptors (Lipinski definition) is 4. The lowest BCUT2D eigenvalue weighted by atomic mass is 10.0. The summed E-state index contributed by atoms with van der Waals surface area (Å²) in [5, 5.41) is 11.0. The standard InChI is InChI=1S/C37H65NO5/c1-3-5-7-9-11-13-14-15-16-17-19-24-28-32-37(42)43-34(29-25-21-18-12-10-8-6-4-2)30-26-22-20-23-27-31-35(39)38-33-36(40)41/h5,7,11,13,15-16,34H,3-4,6,8-10,12,14,17-33H2,1-2H3,(H,38,39)(H,40,41)/b7-5-,13-11-,16-15-. The number of rotatable bonds is 31. The SMILES string of the molecule is CC/C=C\C/C=C\C/C=C\CCCCCC(=O)OC(CCCCCCCCCC)CCCCCCCC(=O)NCC(=O)O. The highest BCUT2D eigenvalue weighted by Crippen LogP contribution is 2.18. The van der Waals surface area contributed by atoms with Crippen molar-refractivity contribution in [3.63, 3.8) is 0 Å². The smallest absolute Gasteiger partial charge is 0.322 e. The Labute approximate surface area is 264 Å². The third-order valence-corrected chi connectivity index (χ3v) is 7.58. The van der Waals surface area contributed by atoms with E-state index in [1.165, 1.54) is 44.9 Å². The first kappa shape index (κ1) is 40.6. The van der Waals surface area contributed by atoms with Crippen molar-refractivity contribution in [2.75, 3.05) is 6.54 Å². The minimum absolute atomic E-state index is 0.0165. The van der Waals surface area contributed by atoms with Crippen molar-refractivity contribution in [1.82, 2.24) is 5.32 Å². The fourth-order valence-electron chi connectivity index (χ4n) is 5.00. The lowest BCUT2D eigenvalue weighted by Crippen LogP contribution is -2.28. The molecule has 6 heteroatoms. The van der Waals surface area contributed by atoms with E-state index in [9.17, 15) is 14.4 Å². The Morgan fingerprint density at radius 2 is 1.14 bits per heavy atom. The van der Waals surface area contributed by atoms with Gasteiger partial charge in [-0.25, -0.2) is 0 Å². The zero-order valence-corrected chi connectivity index (χ0v) is 27.8. The highest BCUT2D eigenvalue weighted by atomic mass is 16.5. The minimum atomic E-state index is -1.02. The van der Waals surface area contributed by atoms with Gasteiger partial charge < -0.3 is 15.2 Å². The number of aliphatic carboxylic acids is 1. The number of ether oxygens (including phenoxy) is 1. The van der Waals surface area contributed by atoms with E-state index >= 15 is 0 Å². The van der Waals surface area contributed by atoms with E-state index in [2.05, 4.69) is 55.6 Å². The summed E-state index contributed by atoms with van der Waals surface area (Å²) in [6.45, 7) is 4.08. The third kappa shape index (κ3) is 32.4. The van der Waals surface area contributed by atoms with Gasteiger partial charge >= 0.3 is 11.9 Å². The monoisotopic (exact) mass is 603 g/mol. The Hall–Kier alpha value is -2.37. The van der Waals surface area contributed by atoms with Crippen molar-refractivity contribution >= 4 is 17.8 Å². The van der Waals surface area contributed by atoms with Gasteiger partial charge in [0, 0.05) is 12.8 Å². The van der Waals surface area contributed by atoms with E-state index in [0.717, 1.165) is 96.3 Å². The molecule has 248 valence electrons. The molecule has 1 unspecified atom stereocenters. The predicted molar refractivity (Wildman–Crippen MR) is 180 cm³/mol. The average Bonchev–Trinajstić information content (AvgIpc) is 2.99. The van der Waals surface area contributed by atoms with Crippen LogP contribution in [-0.4, -0.2) is 35.6 Å². The van der Waals surface area contributed by atoms with Gasteiger partial charge in [-0.3, -0.25) is 14.4 Å². The number of esters is 1. The van der Waals surface area contributed by atoms with Crippen molar-refractivity contribution in [2.24, 2.45) is 0 Å². The number of carboxylic acids is 1. The largest absolute Gasteiger partial charge is 0.480 e. The Morgan fingerprint density at radius 1 is 0.628 bits per heavy atom. The summed E-state index contributed by atoms with van der Waals surface area (Å²) in [4.78, 5) is 34.7. The average molecular weight is 604 g/mol. The van der Waals surface area contributed by atoms with Crippen molar-refractivity contribution in [2.45, 2.75) is 174 Å². The number of carboxylic acid groups (broad SMARTS) is 1. The van der Waals surface area contributed by atoms with Gasteiger partial charge in [0.05, 0.1) is 0 Å². The molecular weight excluding hydrogens is 538 g/mol. The van der Waals surface area contributed by atoms with Crippen LogP contribution in [0.4, 0.5) is 0 Å². The predicted octanol–water partition coefficient (Wildman–Crippen LogP) is 10.2. The maximum atomic E-state index is 12.6. The number of carbonyl (C=O) groups is 3. The molecule has 1 atom stereocenters. The van der Waals surface area contributed by atoms with E-state index in [1.54, 1.807) is 0 Å². The van der Waals surface area contributed by atoms with Crippen LogP contribution in [0.15, 0.2) is 36.5 Å². The molecule has 0 fully saturated rings. The van der Waals surface area contributed by atoms with Crippen LogP contribution < -0.4 is 5.32 Å². The Morgan fingerprint density at radius 3 is 1.74 bits per heavy atom. The van der Waals surface area contributed by atoms with E-state index < -0.39 is 5.97 Å².